The highest BCUT2D eigenvalue weighted by Crippen LogP contribution is 2.39. The molecule has 13 heavy (non-hydrogen) atoms. The second-order valence-corrected chi connectivity index (χ2v) is 3.05. The molecule has 3 nitrogen and oxygen atoms in total. The topological polar surface area (TPSA) is 47.8 Å². The molecule has 0 aromatic heterocycles. The Balaban J connectivity index is 2.03. The van der Waals surface area contributed by atoms with Crippen molar-refractivity contribution in [3.8, 4) is 0 Å². The Hall–Kier alpha value is -1.06. The average molecular weight is 179 g/mol. The highest BCUT2D eigenvalue weighted by molar-refractivity contribution is 5.42. The van der Waals surface area contributed by atoms with E-state index in [1.54, 1.807) is 0 Å². The summed E-state index contributed by atoms with van der Waals surface area (Å²) in [4.78, 5) is 0. The van der Waals surface area contributed by atoms with Gasteiger partial charge in [-0.1, -0.05) is 12.1 Å². The van der Waals surface area contributed by atoms with Crippen LogP contribution in [0, 0.1) is 0 Å². The maximum Gasteiger partial charge on any atom is 0.189 e. The smallest absolute Gasteiger partial charge is 0.189 e. The molecule has 0 bridgehead atoms. The molecule has 1 aliphatic heterocycles. The Morgan fingerprint density at radius 1 is 1.54 bits per heavy atom. The zero-order valence-corrected chi connectivity index (χ0v) is 7.57. The van der Waals surface area contributed by atoms with Crippen molar-refractivity contribution in [3.63, 3.8) is 0 Å². The quantitative estimate of drug-likeness (QED) is 0.567. The number of ether oxygens (including phenoxy) is 2. The minimum atomic E-state index is -0.0631. The molecule has 1 fully saturated rings. The van der Waals surface area contributed by atoms with Gasteiger partial charge in [0.15, 0.2) is 6.29 Å². The van der Waals surface area contributed by atoms with Crippen LogP contribution in [-0.2, 0) is 9.47 Å². The van der Waals surface area contributed by atoms with Gasteiger partial charge in [-0.05, 0) is 24.6 Å². The van der Waals surface area contributed by atoms with Crippen LogP contribution in [0.1, 0.15) is 18.6 Å². The molecule has 0 spiro atoms. The highest BCUT2D eigenvalue weighted by Gasteiger charge is 2.41. The first-order valence-electron chi connectivity index (χ1n) is 4.43. The van der Waals surface area contributed by atoms with Gasteiger partial charge in [-0.15, -0.1) is 0 Å². The molecule has 1 aromatic carbocycles. The molecule has 2 rings (SSSR count). The molecule has 0 radical (unpaired) electrons. The normalized spacial score (nSPS) is 25.9. The summed E-state index contributed by atoms with van der Waals surface area (Å²) in [5.41, 5.74) is 7.51. The summed E-state index contributed by atoms with van der Waals surface area (Å²) < 4.78 is 10.6. The average Bonchev–Trinajstić information content (AvgIpc) is 2.85. The number of nitrogen functional groups attached to an aromatic ring is 1. The van der Waals surface area contributed by atoms with E-state index >= 15 is 0 Å². The van der Waals surface area contributed by atoms with E-state index in [9.17, 15) is 0 Å². The van der Waals surface area contributed by atoms with Crippen LogP contribution in [0.15, 0.2) is 24.3 Å². The molecular weight excluding hydrogens is 166 g/mol. The molecule has 1 aliphatic rings. The minimum Gasteiger partial charge on any atom is -0.399 e. The van der Waals surface area contributed by atoms with E-state index in [2.05, 4.69) is 0 Å². The van der Waals surface area contributed by atoms with E-state index in [0.29, 0.717) is 6.61 Å². The summed E-state index contributed by atoms with van der Waals surface area (Å²) in [6.07, 6.45) is 0.0234. The summed E-state index contributed by atoms with van der Waals surface area (Å²) >= 11 is 0. The minimum absolute atomic E-state index is 0.0631. The lowest BCUT2D eigenvalue weighted by molar-refractivity contribution is 0.0593. The van der Waals surface area contributed by atoms with Gasteiger partial charge >= 0.3 is 0 Å². The largest absolute Gasteiger partial charge is 0.399 e. The first-order valence-corrected chi connectivity index (χ1v) is 4.43. The number of epoxide rings is 1. The van der Waals surface area contributed by atoms with E-state index in [1.807, 2.05) is 31.2 Å². The fraction of sp³-hybridized carbons (Fsp3) is 0.400. The number of anilines is 1. The number of rotatable bonds is 3. The predicted molar refractivity (Wildman–Crippen MR) is 50.1 cm³/mol. The third-order valence-corrected chi connectivity index (χ3v) is 2.02. The fourth-order valence-electron chi connectivity index (χ4n) is 1.36. The lowest BCUT2D eigenvalue weighted by atomic mass is 10.1. The van der Waals surface area contributed by atoms with Gasteiger partial charge in [0.1, 0.15) is 6.10 Å². The lowest BCUT2D eigenvalue weighted by Crippen LogP contribution is -1.96. The molecule has 0 saturated carbocycles. The molecule has 1 saturated heterocycles. The SMILES string of the molecule is CCOC1OC1c1cccc(N)c1. The second-order valence-electron chi connectivity index (χ2n) is 3.05. The van der Waals surface area contributed by atoms with Crippen LogP contribution in [0.5, 0.6) is 0 Å². The van der Waals surface area contributed by atoms with Crippen LogP contribution in [0.25, 0.3) is 0 Å². The van der Waals surface area contributed by atoms with Crippen LogP contribution >= 0.6 is 0 Å². The van der Waals surface area contributed by atoms with Crippen LogP contribution in [-0.4, -0.2) is 12.9 Å². The van der Waals surface area contributed by atoms with Crippen molar-refractivity contribution < 1.29 is 9.47 Å². The summed E-state index contributed by atoms with van der Waals surface area (Å²) in [5.74, 6) is 0. The van der Waals surface area contributed by atoms with E-state index < -0.39 is 0 Å². The van der Waals surface area contributed by atoms with Crippen molar-refractivity contribution >= 4 is 5.69 Å². The Morgan fingerprint density at radius 3 is 3.08 bits per heavy atom. The van der Waals surface area contributed by atoms with Gasteiger partial charge in [-0.2, -0.15) is 0 Å². The van der Waals surface area contributed by atoms with Gasteiger partial charge in [0.25, 0.3) is 0 Å². The van der Waals surface area contributed by atoms with E-state index in [1.165, 1.54) is 0 Å². The molecule has 1 aromatic rings. The summed E-state index contributed by atoms with van der Waals surface area (Å²) in [7, 11) is 0. The van der Waals surface area contributed by atoms with Crippen molar-refractivity contribution in [3.05, 3.63) is 29.8 Å². The van der Waals surface area contributed by atoms with Gasteiger partial charge in [0.05, 0.1) is 0 Å². The summed E-state index contributed by atoms with van der Waals surface area (Å²) in [6.45, 7) is 2.64. The maximum absolute atomic E-state index is 5.65. The molecule has 1 heterocycles. The maximum atomic E-state index is 5.65. The van der Waals surface area contributed by atoms with Crippen molar-refractivity contribution in [1.29, 1.82) is 0 Å². The van der Waals surface area contributed by atoms with Crippen LogP contribution in [0.2, 0.25) is 0 Å². The Morgan fingerprint density at radius 2 is 2.38 bits per heavy atom. The van der Waals surface area contributed by atoms with Crippen molar-refractivity contribution in [2.75, 3.05) is 12.3 Å². The molecule has 2 unspecified atom stereocenters. The number of hydrogen-bond acceptors (Lipinski definition) is 3. The third-order valence-electron chi connectivity index (χ3n) is 2.02. The van der Waals surface area contributed by atoms with Gasteiger partial charge in [-0.3, -0.25) is 0 Å². The van der Waals surface area contributed by atoms with Crippen molar-refractivity contribution in [1.82, 2.24) is 0 Å². The van der Waals surface area contributed by atoms with Gasteiger partial charge in [0, 0.05) is 12.3 Å². The lowest BCUT2D eigenvalue weighted by Gasteiger charge is -1.97. The molecule has 3 heteroatoms. The predicted octanol–water partition coefficient (Wildman–Crippen LogP) is 1.70. The molecular formula is C10H13NO2. The van der Waals surface area contributed by atoms with Gasteiger partial charge in [-0.25, -0.2) is 0 Å². The van der Waals surface area contributed by atoms with Crippen molar-refractivity contribution in [2.45, 2.75) is 19.3 Å². The van der Waals surface area contributed by atoms with Gasteiger partial charge in [0.2, 0.25) is 0 Å². The van der Waals surface area contributed by atoms with Crippen LogP contribution in [0.4, 0.5) is 5.69 Å². The molecule has 2 atom stereocenters. The number of hydrogen-bond donors (Lipinski definition) is 1. The number of nitrogens with two attached hydrogens (primary N) is 1. The zero-order chi connectivity index (χ0) is 9.26. The van der Waals surface area contributed by atoms with Crippen molar-refractivity contribution in [2.24, 2.45) is 0 Å². The van der Waals surface area contributed by atoms with Crippen LogP contribution in [0.3, 0.4) is 0 Å². The highest BCUT2D eigenvalue weighted by atomic mass is 16.8. The first-order chi connectivity index (χ1) is 6.31. The molecule has 0 aliphatic carbocycles. The second kappa shape index (κ2) is 3.36. The number of benzene rings is 1. The third kappa shape index (κ3) is 1.82. The Kier molecular flexibility index (Phi) is 2.20. The first kappa shape index (κ1) is 8.53. The van der Waals surface area contributed by atoms with E-state index in [4.69, 9.17) is 15.2 Å². The zero-order valence-electron chi connectivity index (χ0n) is 7.57. The van der Waals surface area contributed by atoms with E-state index in [-0.39, 0.29) is 12.4 Å². The molecule has 70 valence electrons. The molecule has 2 N–H and O–H groups in total. The summed E-state index contributed by atoms with van der Waals surface area (Å²) in [6, 6.07) is 7.71. The molecule has 0 amide bonds. The summed E-state index contributed by atoms with van der Waals surface area (Å²) in [5, 5.41) is 0. The monoisotopic (exact) mass is 179 g/mol. The Bertz CT molecular complexity index is 301. The van der Waals surface area contributed by atoms with Gasteiger partial charge < -0.3 is 15.2 Å². The van der Waals surface area contributed by atoms with E-state index in [0.717, 1.165) is 11.3 Å². The fourth-order valence-corrected chi connectivity index (χ4v) is 1.36. The van der Waals surface area contributed by atoms with Crippen LogP contribution < -0.4 is 5.73 Å². The standard InChI is InChI=1S/C10H13NO2/c1-2-12-10-9(13-10)7-4-3-5-8(11)6-7/h3-6,9-10H,2,11H2,1H3. The Labute approximate surface area is 77.5 Å².